The summed E-state index contributed by atoms with van der Waals surface area (Å²) in [6.07, 6.45) is 1.19. The van der Waals surface area contributed by atoms with Crippen molar-refractivity contribution in [2.24, 2.45) is 0 Å². The van der Waals surface area contributed by atoms with Gasteiger partial charge >= 0.3 is 0 Å². The molecule has 0 unspecified atom stereocenters. The number of nitrogens with one attached hydrogen (secondary N) is 2. The van der Waals surface area contributed by atoms with Gasteiger partial charge in [0.25, 0.3) is 5.91 Å². The standard InChI is InChI=1S/C30H31F2N3O4/c1-2-19-5-3-6-20(9-19)15-33-16-28(37)27(12-21-10-24(31)14-25(32)11-21)35-29(38)22-7-4-8-23(13-22)30-34-26(17-36)18-39-30/h3-11,13-14,18,27-28,33,36-37H,2,12,15-17H2,1H3,(H,35,38)/t27-,28+/m0/s1. The molecule has 0 saturated heterocycles. The van der Waals surface area contributed by atoms with Crippen LogP contribution in [0, 0.1) is 11.6 Å². The van der Waals surface area contributed by atoms with Gasteiger partial charge in [0.2, 0.25) is 5.89 Å². The molecule has 0 radical (unpaired) electrons. The summed E-state index contributed by atoms with van der Waals surface area (Å²) in [5, 5.41) is 26.3. The molecule has 7 nitrogen and oxygen atoms in total. The van der Waals surface area contributed by atoms with E-state index in [1.165, 1.54) is 24.0 Å². The molecule has 0 aliphatic heterocycles. The maximum atomic E-state index is 13.9. The number of aromatic nitrogens is 1. The summed E-state index contributed by atoms with van der Waals surface area (Å²) in [6.45, 7) is 2.45. The number of oxazole rings is 1. The molecule has 4 rings (SSSR count). The van der Waals surface area contributed by atoms with E-state index in [0.717, 1.165) is 18.1 Å². The van der Waals surface area contributed by atoms with Crippen molar-refractivity contribution in [1.29, 1.82) is 0 Å². The highest BCUT2D eigenvalue weighted by atomic mass is 19.1. The van der Waals surface area contributed by atoms with E-state index in [9.17, 15) is 23.8 Å². The molecule has 204 valence electrons. The summed E-state index contributed by atoms with van der Waals surface area (Å²) in [7, 11) is 0. The van der Waals surface area contributed by atoms with Crippen molar-refractivity contribution in [3.8, 4) is 11.5 Å². The Kier molecular flexibility index (Phi) is 9.54. The molecule has 0 spiro atoms. The van der Waals surface area contributed by atoms with Gasteiger partial charge < -0.3 is 25.3 Å². The van der Waals surface area contributed by atoms with Crippen molar-refractivity contribution in [3.05, 3.63) is 113 Å². The largest absolute Gasteiger partial charge is 0.444 e. The summed E-state index contributed by atoms with van der Waals surface area (Å²) in [5.41, 5.74) is 3.73. The second kappa shape index (κ2) is 13.2. The summed E-state index contributed by atoms with van der Waals surface area (Å²) < 4.78 is 33.1. The zero-order chi connectivity index (χ0) is 27.8. The highest BCUT2D eigenvalue weighted by Crippen LogP contribution is 2.20. The first-order valence-electron chi connectivity index (χ1n) is 12.7. The zero-order valence-electron chi connectivity index (χ0n) is 21.5. The first-order valence-corrected chi connectivity index (χ1v) is 12.7. The second-order valence-electron chi connectivity index (χ2n) is 9.32. The molecular formula is C30H31F2N3O4. The molecule has 0 aliphatic rings. The minimum absolute atomic E-state index is 0.00781. The molecule has 0 bridgehead atoms. The Hall–Kier alpha value is -3.92. The summed E-state index contributed by atoms with van der Waals surface area (Å²) in [4.78, 5) is 17.4. The van der Waals surface area contributed by atoms with Crippen LogP contribution in [0.15, 0.2) is 77.4 Å². The van der Waals surface area contributed by atoms with Crippen LogP contribution < -0.4 is 10.6 Å². The van der Waals surface area contributed by atoms with Crippen LogP contribution in [0.2, 0.25) is 0 Å². The van der Waals surface area contributed by atoms with E-state index in [-0.39, 0.29) is 31.0 Å². The van der Waals surface area contributed by atoms with Crippen molar-refractivity contribution in [3.63, 3.8) is 0 Å². The molecule has 0 saturated carbocycles. The van der Waals surface area contributed by atoms with E-state index in [4.69, 9.17) is 4.42 Å². The minimum Gasteiger partial charge on any atom is -0.444 e. The van der Waals surface area contributed by atoms with Gasteiger partial charge in [0, 0.05) is 30.3 Å². The van der Waals surface area contributed by atoms with Crippen LogP contribution in [0.5, 0.6) is 0 Å². The number of halogens is 2. The lowest BCUT2D eigenvalue weighted by Crippen LogP contribution is -2.48. The van der Waals surface area contributed by atoms with E-state index in [0.29, 0.717) is 23.4 Å². The van der Waals surface area contributed by atoms with Gasteiger partial charge in [-0.05, 0) is 59.9 Å². The van der Waals surface area contributed by atoms with E-state index in [1.54, 1.807) is 24.3 Å². The molecule has 0 aliphatic carbocycles. The second-order valence-corrected chi connectivity index (χ2v) is 9.32. The number of aliphatic hydroxyl groups is 2. The first-order chi connectivity index (χ1) is 18.8. The van der Waals surface area contributed by atoms with E-state index in [1.807, 2.05) is 18.2 Å². The van der Waals surface area contributed by atoms with Gasteiger partial charge in [-0.25, -0.2) is 13.8 Å². The van der Waals surface area contributed by atoms with Crippen LogP contribution in [-0.2, 0) is 26.0 Å². The van der Waals surface area contributed by atoms with Crippen molar-refractivity contribution in [2.75, 3.05) is 6.54 Å². The number of hydrogen-bond donors (Lipinski definition) is 4. The number of aliphatic hydroxyl groups excluding tert-OH is 2. The van der Waals surface area contributed by atoms with Crippen molar-refractivity contribution >= 4 is 5.91 Å². The normalized spacial score (nSPS) is 12.7. The quantitative estimate of drug-likeness (QED) is 0.217. The molecule has 4 aromatic rings. The third-order valence-corrected chi connectivity index (χ3v) is 6.33. The lowest BCUT2D eigenvalue weighted by Gasteiger charge is -2.25. The molecule has 1 amide bonds. The fraction of sp³-hybridized carbons (Fsp3) is 0.267. The molecule has 4 N–H and O–H groups in total. The fourth-order valence-corrected chi connectivity index (χ4v) is 4.29. The third kappa shape index (κ3) is 7.79. The Morgan fingerprint density at radius 2 is 1.74 bits per heavy atom. The third-order valence-electron chi connectivity index (χ3n) is 6.33. The maximum absolute atomic E-state index is 13.9. The Balaban J connectivity index is 1.49. The van der Waals surface area contributed by atoms with Crippen LogP contribution in [0.1, 0.15) is 39.7 Å². The molecule has 39 heavy (non-hydrogen) atoms. The number of nitrogens with zero attached hydrogens (tertiary/aromatic N) is 1. The number of aryl methyl sites for hydroxylation is 1. The number of amides is 1. The predicted octanol–water partition coefficient (Wildman–Crippen LogP) is 4.17. The van der Waals surface area contributed by atoms with Crippen molar-refractivity contribution in [1.82, 2.24) is 15.6 Å². The van der Waals surface area contributed by atoms with E-state index in [2.05, 4.69) is 28.6 Å². The number of carbonyl (C=O) groups excluding carboxylic acids is 1. The molecule has 2 atom stereocenters. The van der Waals surface area contributed by atoms with Crippen LogP contribution in [0.25, 0.3) is 11.5 Å². The first kappa shape index (κ1) is 28.1. The smallest absolute Gasteiger partial charge is 0.251 e. The molecule has 1 heterocycles. The molecular weight excluding hydrogens is 504 g/mol. The van der Waals surface area contributed by atoms with Gasteiger partial charge in [0.1, 0.15) is 23.6 Å². The van der Waals surface area contributed by atoms with E-state index >= 15 is 0 Å². The maximum Gasteiger partial charge on any atom is 0.251 e. The number of carbonyl (C=O) groups is 1. The van der Waals surface area contributed by atoms with Crippen LogP contribution in [0.4, 0.5) is 8.78 Å². The monoisotopic (exact) mass is 535 g/mol. The van der Waals surface area contributed by atoms with Gasteiger partial charge in [0.05, 0.1) is 18.8 Å². The Morgan fingerprint density at radius 3 is 2.46 bits per heavy atom. The molecule has 1 aromatic heterocycles. The highest BCUT2D eigenvalue weighted by molar-refractivity contribution is 5.95. The zero-order valence-corrected chi connectivity index (χ0v) is 21.5. The van der Waals surface area contributed by atoms with Crippen molar-refractivity contribution < 1.29 is 28.2 Å². The average molecular weight is 536 g/mol. The number of benzene rings is 3. The van der Waals surface area contributed by atoms with Crippen LogP contribution in [-0.4, -0.2) is 39.8 Å². The van der Waals surface area contributed by atoms with E-state index < -0.39 is 29.7 Å². The summed E-state index contributed by atoms with van der Waals surface area (Å²) in [5.74, 6) is -1.71. The van der Waals surface area contributed by atoms with Crippen LogP contribution >= 0.6 is 0 Å². The minimum atomic E-state index is -1.06. The number of rotatable bonds is 12. The average Bonchev–Trinajstić information content (AvgIpc) is 3.42. The molecule has 9 heteroatoms. The van der Waals surface area contributed by atoms with Gasteiger partial charge in [-0.15, -0.1) is 0 Å². The molecule has 0 fully saturated rings. The number of hydrogen-bond acceptors (Lipinski definition) is 6. The van der Waals surface area contributed by atoms with Crippen molar-refractivity contribution in [2.45, 2.75) is 45.1 Å². The molecule has 3 aromatic carbocycles. The summed E-state index contributed by atoms with van der Waals surface area (Å²) >= 11 is 0. The fourth-order valence-electron chi connectivity index (χ4n) is 4.29. The van der Waals surface area contributed by atoms with Gasteiger partial charge in [-0.3, -0.25) is 4.79 Å². The lowest BCUT2D eigenvalue weighted by molar-refractivity contribution is 0.0830. The van der Waals surface area contributed by atoms with Gasteiger partial charge in [-0.2, -0.15) is 0 Å². The predicted molar refractivity (Wildman–Crippen MR) is 143 cm³/mol. The highest BCUT2D eigenvalue weighted by Gasteiger charge is 2.23. The van der Waals surface area contributed by atoms with Crippen LogP contribution in [0.3, 0.4) is 0 Å². The summed E-state index contributed by atoms with van der Waals surface area (Å²) in [6, 6.07) is 16.9. The van der Waals surface area contributed by atoms with Gasteiger partial charge in [-0.1, -0.05) is 37.3 Å². The lowest BCUT2D eigenvalue weighted by atomic mass is 9.99. The van der Waals surface area contributed by atoms with Gasteiger partial charge in [0.15, 0.2) is 0 Å². The SMILES string of the molecule is CCc1cccc(CNC[C@@H](O)[C@H](Cc2cc(F)cc(F)c2)NC(=O)c2cccc(-c3nc(CO)co3)c2)c1. The topological polar surface area (TPSA) is 108 Å². The Labute approximate surface area is 225 Å². The Bertz CT molecular complexity index is 1390. The Morgan fingerprint density at radius 1 is 1.00 bits per heavy atom.